The fourth-order valence-electron chi connectivity index (χ4n) is 1.96. The number of aromatic nitrogens is 1. The Bertz CT molecular complexity index is 536. The molecule has 1 aliphatic rings. The lowest BCUT2D eigenvalue weighted by Gasteiger charge is -2.08. The van der Waals surface area contributed by atoms with E-state index in [1.807, 2.05) is 12.3 Å². The molecule has 2 rings (SSSR count). The van der Waals surface area contributed by atoms with Crippen LogP contribution in [-0.4, -0.2) is 37.4 Å². The summed E-state index contributed by atoms with van der Waals surface area (Å²) < 4.78 is 22.5. The zero-order chi connectivity index (χ0) is 13.2. The standard InChI is InChI=1S/C11H16N2O3S2/c1-8-6-17-10(13-8)2-4-12-11(14)9-3-5-18(15,16)7-9/h6,9H,2-5,7H2,1H3,(H,12,14)/t9-/m1/s1. The van der Waals surface area contributed by atoms with E-state index in [1.54, 1.807) is 11.3 Å². The van der Waals surface area contributed by atoms with E-state index in [4.69, 9.17) is 0 Å². The summed E-state index contributed by atoms with van der Waals surface area (Å²) in [7, 11) is -2.99. The van der Waals surface area contributed by atoms with E-state index in [9.17, 15) is 13.2 Å². The number of sulfone groups is 1. The van der Waals surface area contributed by atoms with Crippen molar-refractivity contribution >= 4 is 27.1 Å². The number of carbonyl (C=O) groups excluding carboxylic acids is 1. The maximum Gasteiger partial charge on any atom is 0.224 e. The van der Waals surface area contributed by atoms with Crippen LogP contribution in [0.3, 0.4) is 0 Å². The van der Waals surface area contributed by atoms with Crippen molar-refractivity contribution in [2.24, 2.45) is 5.92 Å². The lowest BCUT2D eigenvalue weighted by Crippen LogP contribution is -2.32. The Kier molecular flexibility index (Phi) is 4.01. The van der Waals surface area contributed by atoms with Crippen molar-refractivity contribution in [3.05, 3.63) is 16.1 Å². The number of hydrogen-bond donors (Lipinski definition) is 1. The Morgan fingerprint density at radius 1 is 1.61 bits per heavy atom. The second kappa shape index (κ2) is 5.36. The quantitative estimate of drug-likeness (QED) is 0.877. The molecule has 1 saturated heterocycles. The third-order valence-corrected chi connectivity index (χ3v) is 5.70. The van der Waals surface area contributed by atoms with Gasteiger partial charge in [0.25, 0.3) is 0 Å². The summed E-state index contributed by atoms with van der Waals surface area (Å²) >= 11 is 1.57. The van der Waals surface area contributed by atoms with Gasteiger partial charge < -0.3 is 5.32 Å². The van der Waals surface area contributed by atoms with Crippen LogP contribution in [0, 0.1) is 12.8 Å². The molecular weight excluding hydrogens is 272 g/mol. The summed E-state index contributed by atoms with van der Waals surface area (Å²) in [5.41, 5.74) is 0.989. The molecule has 0 saturated carbocycles. The highest BCUT2D eigenvalue weighted by Gasteiger charge is 2.32. The fraction of sp³-hybridized carbons (Fsp3) is 0.636. The van der Waals surface area contributed by atoms with Crippen molar-refractivity contribution in [1.29, 1.82) is 0 Å². The Morgan fingerprint density at radius 2 is 2.39 bits per heavy atom. The first-order valence-electron chi connectivity index (χ1n) is 5.85. The summed E-state index contributed by atoms with van der Waals surface area (Å²) in [4.78, 5) is 16.0. The molecule has 1 N–H and O–H groups in total. The van der Waals surface area contributed by atoms with Crippen molar-refractivity contribution in [1.82, 2.24) is 10.3 Å². The van der Waals surface area contributed by atoms with E-state index in [2.05, 4.69) is 10.3 Å². The molecule has 7 heteroatoms. The fourth-order valence-corrected chi connectivity index (χ4v) is 4.47. The molecule has 100 valence electrons. The van der Waals surface area contributed by atoms with Crippen molar-refractivity contribution in [3.63, 3.8) is 0 Å². The number of rotatable bonds is 4. The Labute approximate surface area is 111 Å². The summed E-state index contributed by atoms with van der Waals surface area (Å²) in [6.45, 7) is 2.45. The zero-order valence-electron chi connectivity index (χ0n) is 10.2. The van der Waals surface area contributed by atoms with Crippen LogP contribution in [-0.2, 0) is 21.1 Å². The van der Waals surface area contributed by atoms with Crippen LogP contribution in [0.1, 0.15) is 17.1 Å². The maximum atomic E-state index is 11.7. The van der Waals surface area contributed by atoms with Gasteiger partial charge in [-0.25, -0.2) is 13.4 Å². The van der Waals surface area contributed by atoms with Gasteiger partial charge in [-0.2, -0.15) is 0 Å². The molecule has 1 amide bonds. The minimum atomic E-state index is -2.99. The highest BCUT2D eigenvalue weighted by atomic mass is 32.2. The largest absolute Gasteiger partial charge is 0.355 e. The van der Waals surface area contributed by atoms with Crippen molar-refractivity contribution in [2.75, 3.05) is 18.1 Å². The van der Waals surface area contributed by atoms with Crippen LogP contribution in [0.2, 0.25) is 0 Å². The molecule has 2 heterocycles. The van der Waals surface area contributed by atoms with Gasteiger partial charge in [0, 0.05) is 24.0 Å². The molecule has 1 aromatic heterocycles. The monoisotopic (exact) mass is 288 g/mol. The van der Waals surface area contributed by atoms with E-state index < -0.39 is 9.84 Å². The highest BCUT2D eigenvalue weighted by Crippen LogP contribution is 2.18. The van der Waals surface area contributed by atoms with Gasteiger partial charge >= 0.3 is 0 Å². The molecule has 0 unspecified atom stereocenters. The van der Waals surface area contributed by atoms with E-state index in [1.165, 1.54) is 0 Å². The molecule has 18 heavy (non-hydrogen) atoms. The molecule has 1 atom stereocenters. The first kappa shape index (κ1) is 13.5. The van der Waals surface area contributed by atoms with Crippen LogP contribution < -0.4 is 5.32 Å². The van der Waals surface area contributed by atoms with Gasteiger partial charge in [0.15, 0.2) is 9.84 Å². The Hall–Kier alpha value is -0.950. The number of thiazole rings is 1. The molecule has 5 nitrogen and oxygen atoms in total. The molecule has 0 aromatic carbocycles. The second-order valence-corrected chi connectivity index (χ2v) is 7.69. The number of aryl methyl sites for hydroxylation is 1. The number of nitrogens with one attached hydrogen (secondary N) is 1. The molecule has 1 aromatic rings. The van der Waals surface area contributed by atoms with Gasteiger partial charge in [0.1, 0.15) is 0 Å². The van der Waals surface area contributed by atoms with Crippen molar-refractivity contribution < 1.29 is 13.2 Å². The Balaban J connectivity index is 1.76. The van der Waals surface area contributed by atoms with E-state index in [0.29, 0.717) is 19.4 Å². The number of hydrogen-bond acceptors (Lipinski definition) is 5. The van der Waals surface area contributed by atoms with Gasteiger partial charge in [-0.3, -0.25) is 4.79 Å². The summed E-state index contributed by atoms with van der Waals surface area (Å²) in [5.74, 6) is -0.385. The lowest BCUT2D eigenvalue weighted by atomic mass is 10.1. The zero-order valence-corrected chi connectivity index (χ0v) is 11.8. The first-order chi connectivity index (χ1) is 8.46. The minimum absolute atomic E-state index is 0.00477. The number of carbonyl (C=O) groups is 1. The minimum Gasteiger partial charge on any atom is -0.355 e. The summed E-state index contributed by atoms with van der Waals surface area (Å²) in [5, 5.41) is 5.75. The molecule has 0 spiro atoms. The molecule has 1 aliphatic heterocycles. The van der Waals surface area contributed by atoms with Crippen LogP contribution in [0.25, 0.3) is 0 Å². The van der Waals surface area contributed by atoms with E-state index in [-0.39, 0.29) is 23.3 Å². The van der Waals surface area contributed by atoms with Crippen LogP contribution in [0.15, 0.2) is 5.38 Å². The third-order valence-electron chi connectivity index (χ3n) is 2.91. The Morgan fingerprint density at radius 3 is 2.94 bits per heavy atom. The third kappa shape index (κ3) is 3.52. The molecule has 0 bridgehead atoms. The number of amides is 1. The SMILES string of the molecule is Cc1csc(CCNC(=O)[C@@H]2CCS(=O)(=O)C2)n1. The highest BCUT2D eigenvalue weighted by molar-refractivity contribution is 7.91. The summed E-state index contributed by atoms with van der Waals surface area (Å²) in [6, 6.07) is 0. The smallest absolute Gasteiger partial charge is 0.224 e. The van der Waals surface area contributed by atoms with Gasteiger partial charge in [0.2, 0.25) is 5.91 Å². The molecular formula is C11H16N2O3S2. The average Bonchev–Trinajstić information content (AvgIpc) is 2.85. The average molecular weight is 288 g/mol. The van der Waals surface area contributed by atoms with Crippen LogP contribution >= 0.6 is 11.3 Å². The first-order valence-corrected chi connectivity index (χ1v) is 8.55. The van der Waals surface area contributed by atoms with Gasteiger partial charge in [-0.05, 0) is 13.3 Å². The second-order valence-electron chi connectivity index (χ2n) is 4.52. The van der Waals surface area contributed by atoms with E-state index >= 15 is 0 Å². The lowest BCUT2D eigenvalue weighted by molar-refractivity contribution is -0.124. The topological polar surface area (TPSA) is 76.1 Å². The van der Waals surface area contributed by atoms with Gasteiger partial charge in [-0.15, -0.1) is 11.3 Å². The normalized spacial score (nSPS) is 21.9. The van der Waals surface area contributed by atoms with E-state index in [0.717, 1.165) is 10.7 Å². The molecule has 1 fully saturated rings. The van der Waals surface area contributed by atoms with Crippen molar-refractivity contribution in [2.45, 2.75) is 19.8 Å². The predicted molar refractivity (Wildman–Crippen MR) is 70.3 cm³/mol. The van der Waals surface area contributed by atoms with Gasteiger partial charge in [-0.1, -0.05) is 0 Å². The van der Waals surface area contributed by atoms with Crippen molar-refractivity contribution in [3.8, 4) is 0 Å². The van der Waals surface area contributed by atoms with Gasteiger partial charge in [0.05, 0.1) is 22.4 Å². The van der Waals surface area contributed by atoms with Crippen LogP contribution in [0.5, 0.6) is 0 Å². The predicted octanol–water partition coefficient (Wildman–Crippen LogP) is 0.545. The summed E-state index contributed by atoms with van der Waals surface area (Å²) in [6.07, 6.45) is 1.15. The molecule has 0 radical (unpaired) electrons. The molecule has 0 aliphatic carbocycles. The number of nitrogens with zero attached hydrogens (tertiary/aromatic N) is 1. The maximum absolute atomic E-state index is 11.7. The van der Waals surface area contributed by atoms with Crippen LogP contribution in [0.4, 0.5) is 0 Å².